The number of hydrogen-bond donors (Lipinski definition) is 0. The highest BCUT2D eigenvalue weighted by atomic mass is 35.5. The zero-order valence-electron chi connectivity index (χ0n) is 6.79. The number of halogens is 1. The molecule has 0 bridgehead atoms. The van der Waals surface area contributed by atoms with Gasteiger partial charge in [0.2, 0.25) is 0 Å². The molecule has 0 aliphatic carbocycles. The van der Waals surface area contributed by atoms with Gasteiger partial charge in [-0.05, 0) is 5.92 Å². The summed E-state index contributed by atoms with van der Waals surface area (Å²) in [4.78, 5) is 0. The average molecular weight is 174 g/mol. The number of hydrogen-bond acceptors (Lipinski definition) is 2. The summed E-state index contributed by atoms with van der Waals surface area (Å²) in [7, 11) is 0. The molecule has 1 aromatic rings. The second kappa shape index (κ2) is 3.72. The van der Waals surface area contributed by atoms with Gasteiger partial charge < -0.3 is 0 Å². The first-order chi connectivity index (χ1) is 5.22. The Balaban J connectivity index is 2.58. The van der Waals surface area contributed by atoms with Crippen molar-refractivity contribution in [1.29, 1.82) is 0 Å². The monoisotopic (exact) mass is 173 g/mol. The Hall–Kier alpha value is -0.570. The molecule has 0 atom stereocenters. The number of alkyl halides is 1. The predicted octanol–water partition coefficient (Wildman–Crippen LogP) is 1.67. The topological polar surface area (TPSA) is 30.7 Å². The minimum absolute atomic E-state index is 0.443. The van der Waals surface area contributed by atoms with E-state index in [-0.39, 0.29) is 0 Å². The summed E-state index contributed by atoms with van der Waals surface area (Å²) in [5.41, 5.74) is 0.840. The van der Waals surface area contributed by atoms with Crippen molar-refractivity contribution in [2.75, 3.05) is 0 Å². The molecule has 0 saturated carbocycles. The number of rotatable bonds is 3. The number of aromatic nitrogens is 3. The first-order valence-corrected chi connectivity index (χ1v) is 4.20. The van der Waals surface area contributed by atoms with E-state index in [9.17, 15) is 0 Å². The molecule has 1 aromatic heterocycles. The molecule has 0 spiro atoms. The summed E-state index contributed by atoms with van der Waals surface area (Å²) in [5.74, 6) is 1.04. The Morgan fingerprint density at radius 3 is 2.82 bits per heavy atom. The van der Waals surface area contributed by atoms with E-state index < -0.39 is 0 Å². The zero-order valence-corrected chi connectivity index (χ0v) is 7.54. The second-order valence-corrected chi connectivity index (χ2v) is 3.23. The predicted molar refractivity (Wildman–Crippen MR) is 44.4 cm³/mol. The van der Waals surface area contributed by atoms with Gasteiger partial charge in [-0.15, -0.1) is 16.7 Å². The smallest absolute Gasteiger partial charge is 0.0974 e. The average Bonchev–Trinajstić information content (AvgIpc) is 2.34. The van der Waals surface area contributed by atoms with Gasteiger partial charge in [-0.1, -0.05) is 19.1 Å². The Morgan fingerprint density at radius 2 is 2.36 bits per heavy atom. The number of nitrogens with zero attached hydrogens (tertiary/aromatic N) is 3. The molecule has 0 aliphatic rings. The van der Waals surface area contributed by atoms with Gasteiger partial charge in [0.15, 0.2) is 0 Å². The van der Waals surface area contributed by atoms with Gasteiger partial charge >= 0.3 is 0 Å². The highest BCUT2D eigenvalue weighted by Crippen LogP contribution is 2.00. The van der Waals surface area contributed by atoms with Crippen LogP contribution in [0.3, 0.4) is 0 Å². The van der Waals surface area contributed by atoms with E-state index in [0.29, 0.717) is 11.8 Å². The molecule has 0 saturated heterocycles. The standard InChI is InChI=1S/C7H12ClN3/c1-6(2)4-11-5-7(3-8)9-10-11/h5-6H,3-4H2,1-2H3. The lowest BCUT2D eigenvalue weighted by Gasteiger charge is -2.01. The summed E-state index contributed by atoms with van der Waals surface area (Å²) in [5, 5.41) is 7.78. The van der Waals surface area contributed by atoms with Crippen molar-refractivity contribution in [3.8, 4) is 0 Å². The molecule has 0 aromatic carbocycles. The van der Waals surface area contributed by atoms with Crippen LogP contribution in [0.1, 0.15) is 19.5 Å². The molecule has 0 radical (unpaired) electrons. The van der Waals surface area contributed by atoms with E-state index in [1.807, 2.05) is 10.9 Å². The summed E-state index contributed by atoms with van der Waals surface area (Å²) < 4.78 is 1.82. The van der Waals surface area contributed by atoms with Crippen molar-refractivity contribution in [2.24, 2.45) is 5.92 Å². The molecule has 0 fully saturated rings. The lowest BCUT2D eigenvalue weighted by Crippen LogP contribution is -2.04. The molecule has 4 heteroatoms. The van der Waals surface area contributed by atoms with E-state index in [0.717, 1.165) is 12.2 Å². The van der Waals surface area contributed by atoms with Crippen molar-refractivity contribution in [3.05, 3.63) is 11.9 Å². The molecule has 62 valence electrons. The third-order valence-corrected chi connectivity index (χ3v) is 1.55. The van der Waals surface area contributed by atoms with Gasteiger partial charge in [0, 0.05) is 12.7 Å². The molecule has 1 rings (SSSR count). The normalized spacial score (nSPS) is 10.9. The van der Waals surface area contributed by atoms with Crippen LogP contribution >= 0.6 is 11.6 Å². The molecule has 11 heavy (non-hydrogen) atoms. The Morgan fingerprint density at radius 1 is 1.64 bits per heavy atom. The van der Waals surface area contributed by atoms with Crippen LogP contribution in [0.5, 0.6) is 0 Å². The Kier molecular flexibility index (Phi) is 2.88. The van der Waals surface area contributed by atoms with Gasteiger partial charge in [-0.3, -0.25) is 4.68 Å². The van der Waals surface area contributed by atoms with E-state index in [1.165, 1.54) is 0 Å². The lowest BCUT2D eigenvalue weighted by atomic mass is 10.2. The van der Waals surface area contributed by atoms with Crippen molar-refractivity contribution in [3.63, 3.8) is 0 Å². The van der Waals surface area contributed by atoms with Gasteiger partial charge in [-0.2, -0.15) is 0 Å². The summed E-state index contributed by atoms with van der Waals surface area (Å²) in [6.45, 7) is 5.19. The molecule has 0 aliphatic heterocycles. The van der Waals surface area contributed by atoms with Crippen LogP contribution in [0.25, 0.3) is 0 Å². The third kappa shape index (κ3) is 2.50. The third-order valence-electron chi connectivity index (χ3n) is 1.28. The Bertz CT molecular complexity index is 219. The van der Waals surface area contributed by atoms with Crippen molar-refractivity contribution < 1.29 is 0 Å². The van der Waals surface area contributed by atoms with Gasteiger partial charge in [0.05, 0.1) is 11.6 Å². The molecule has 0 unspecified atom stereocenters. The van der Waals surface area contributed by atoms with Crippen LogP contribution in [-0.2, 0) is 12.4 Å². The summed E-state index contributed by atoms with van der Waals surface area (Å²) in [6.07, 6.45) is 1.88. The van der Waals surface area contributed by atoms with E-state index >= 15 is 0 Å². The second-order valence-electron chi connectivity index (χ2n) is 2.96. The molecule has 0 N–H and O–H groups in total. The summed E-state index contributed by atoms with van der Waals surface area (Å²) >= 11 is 5.56. The van der Waals surface area contributed by atoms with Crippen LogP contribution in [-0.4, -0.2) is 15.0 Å². The zero-order chi connectivity index (χ0) is 8.27. The van der Waals surface area contributed by atoms with Gasteiger partial charge in [-0.25, -0.2) is 0 Å². The van der Waals surface area contributed by atoms with Crippen molar-refractivity contribution in [1.82, 2.24) is 15.0 Å². The Labute approximate surface area is 71.4 Å². The first-order valence-electron chi connectivity index (χ1n) is 3.67. The van der Waals surface area contributed by atoms with E-state index in [4.69, 9.17) is 11.6 Å². The van der Waals surface area contributed by atoms with Crippen LogP contribution < -0.4 is 0 Å². The fourth-order valence-corrected chi connectivity index (χ4v) is 0.986. The minimum atomic E-state index is 0.443. The molecular formula is C7H12ClN3. The summed E-state index contributed by atoms with van der Waals surface area (Å²) in [6, 6.07) is 0. The van der Waals surface area contributed by atoms with Crippen molar-refractivity contribution >= 4 is 11.6 Å². The molecular weight excluding hydrogens is 162 g/mol. The van der Waals surface area contributed by atoms with Crippen LogP contribution in [0.2, 0.25) is 0 Å². The molecule has 1 heterocycles. The quantitative estimate of drug-likeness (QED) is 0.652. The minimum Gasteiger partial charge on any atom is -0.252 e. The van der Waals surface area contributed by atoms with Crippen molar-refractivity contribution in [2.45, 2.75) is 26.3 Å². The van der Waals surface area contributed by atoms with E-state index in [1.54, 1.807) is 0 Å². The highest BCUT2D eigenvalue weighted by Gasteiger charge is 2.00. The fourth-order valence-electron chi connectivity index (χ4n) is 0.863. The van der Waals surface area contributed by atoms with Crippen LogP contribution in [0, 0.1) is 5.92 Å². The molecule has 0 amide bonds. The van der Waals surface area contributed by atoms with Crippen LogP contribution in [0.15, 0.2) is 6.20 Å². The van der Waals surface area contributed by atoms with Crippen LogP contribution in [0.4, 0.5) is 0 Å². The van der Waals surface area contributed by atoms with Gasteiger partial charge in [0.25, 0.3) is 0 Å². The van der Waals surface area contributed by atoms with E-state index in [2.05, 4.69) is 24.2 Å². The first kappa shape index (κ1) is 8.53. The largest absolute Gasteiger partial charge is 0.252 e. The molecule has 3 nitrogen and oxygen atoms in total. The van der Waals surface area contributed by atoms with Gasteiger partial charge in [0.1, 0.15) is 0 Å². The SMILES string of the molecule is CC(C)Cn1cc(CCl)nn1. The maximum Gasteiger partial charge on any atom is 0.0974 e. The highest BCUT2D eigenvalue weighted by molar-refractivity contribution is 6.16. The maximum atomic E-state index is 5.56. The lowest BCUT2D eigenvalue weighted by molar-refractivity contribution is 0.472. The maximum absolute atomic E-state index is 5.56. The fraction of sp³-hybridized carbons (Fsp3) is 0.714.